The van der Waals surface area contributed by atoms with Crippen molar-refractivity contribution in [1.29, 1.82) is 0 Å². The van der Waals surface area contributed by atoms with Crippen LogP contribution in [0.5, 0.6) is 5.75 Å². The summed E-state index contributed by atoms with van der Waals surface area (Å²) in [5.41, 5.74) is 0.573. The number of aromatic nitrogens is 1. The lowest BCUT2D eigenvalue weighted by molar-refractivity contribution is -0.384. The number of non-ortho nitro benzene ring substituents is 1. The Bertz CT molecular complexity index is 2280. The first kappa shape index (κ1) is 44.1. The third-order valence-electron chi connectivity index (χ3n) is 8.52. The second kappa shape index (κ2) is 19.6. The minimum Gasteiger partial charge on any atom is -0.494 e. The van der Waals surface area contributed by atoms with Crippen LogP contribution in [0.1, 0.15) is 77.1 Å². The average Bonchev–Trinajstić information content (AvgIpc) is 3.19. The molecular formula is C45H49N5O10. The molecule has 3 amide bonds. The zero-order chi connectivity index (χ0) is 43.5. The molecule has 15 nitrogen and oxygen atoms in total. The number of hydrogen-bond donors (Lipinski definition) is 2. The maximum atomic E-state index is 13.9. The van der Waals surface area contributed by atoms with Gasteiger partial charge in [-0.25, -0.2) is 14.6 Å². The van der Waals surface area contributed by atoms with Crippen LogP contribution in [0.2, 0.25) is 0 Å². The molecule has 0 bridgehead atoms. The van der Waals surface area contributed by atoms with E-state index in [2.05, 4.69) is 15.6 Å². The summed E-state index contributed by atoms with van der Waals surface area (Å²) in [5, 5.41) is 18.5. The van der Waals surface area contributed by atoms with E-state index in [1.165, 1.54) is 18.3 Å². The molecule has 0 aliphatic heterocycles. The average molecular weight is 820 g/mol. The number of esters is 1. The second-order valence-electron chi connectivity index (χ2n) is 15.8. The van der Waals surface area contributed by atoms with Crippen LogP contribution in [0, 0.1) is 10.1 Å². The quantitative estimate of drug-likeness (QED) is 0.0336. The van der Waals surface area contributed by atoms with Gasteiger partial charge in [0, 0.05) is 42.4 Å². The molecule has 2 N–H and O–H groups in total. The van der Waals surface area contributed by atoms with E-state index in [9.17, 15) is 29.3 Å². The molecule has 5 aromatic rings. The lowest BCUT2D eigenvalue weighted by Gasteiger charge is -2.28. The van der Waals surface area contributed by atoms with Crippen LogP contribution in [0.15, 0.2) is 109 Å². The number of fused-ring (bicyclic) bond motifs is 1. The molecule has 0 saturated heterocycles. The van der Waals surface area contributed by atoms with Gasteiger partial charge in [0.25, 0.3) is 5.69 Å². The predicted octanol–water partition coefficient (Wildman–Crippen LogP) is 9.19. The van der Waals surface area contributed by atoms with E-state index < -0.39 is 40.3 Å². The lowest BCUT2D eigenvalue weighted by Crippen LogP contribution is -2.44. The monoisotopic (exact) mass is 819 g/mol. The summed E-state index contributed by atoms with van der Waals surface area (Å²) >= 11 is 0. The van der Waals surface area contributed by atoms with Gasteiger partial charge in [0.05, 0.1) is 11.5 Å². The van der Waals surface area contributed by atoms with Gasteiger partial charge in [0.15, 0.2) is 5.82 Å². The molecule has 0 radical (unpaired) electrons. The van der Waals surface area contributed by atoms with Gasteiger partial charge in [-0.1, -0.05) is 54.6 Å². The summed E-state index contributed by atoms with van der Waals surface area (Å²) in [6.45, 7) is 10.6. The highest BCUT2D eigenvalue weighted by Crippen LogP contribution is 2.31. The Kier molecular flexibility index (Phi) is 14.4. The number of benzene rings is 4. The van der Waals surface area contributed by atoms with Gasteiger partial charge in [-0.2, -0.15) is 4.90 Å². The first-order chi connectivity index (χ1) is 28.5. The molecule has 15 heteroatoms. The molecule has 4 aromatic carbocycles. The smallest absolute Gasteiger partial charge is 0.425 e. The van der Waals surface area contributed by atoms with Crippen molar-refractivity contribution in [2.45, 2.75) is 84.8 Å². The number of carbonyl (C=O) groups is 4. The summed E-state index contributed by atoms with van der Waals surface area (Å²) in [6.07, 6.45) is 0.136. The normalized spacial score (nSPS) is 11.8. The molecule has 60 heavy (non-hydrogen) atoms. The fourth-order valence-electron chi connectivity index (χ4n) is 5.80. The number of nitrogens with zero attached hydrogens (tertiary/aromatic N) is 3. The standard InChI is InChI=1S/C45H49N5O10/c1-44(2,3)59-42(53)49(43(54)60-45(4,5)6)40-37-22-19-34(27-33(37)23-24-46-40)48-39(41(52)47-28-31-14-10-15-35(26-31)50(55)56)32-17-20-36(21-18-32)57-25-11-16-38(51)58-29-30-12-8-7-9-13-30/h7-10,12-15,17-24,26-27,39,48H,11,16,25,28-29H2,1-6H3,(H,47,52). The van der Waals surface area contributed by atoms with Crippen molar-refractivity contribution in [2.75, 3.05) is 16.8 Å². The Balaban J connectivity index is 1.35. The highest BCUT2D eigenvalue weighted by molar-refractivity contribution is 6.14. The summed E-state index contributed by atoms with van der Waals surface area (Å²) in [4.78, 5) is 69.0. The molecule has 0 aliphatic rings. The zero-order valence-electron chi connectivity index (χ0n) is 34.4. The number of nitrogens with one attached hydrogen (secondary N) is 2. The topological polar surface area (TPSA) is 189 Å². The number of rotatable bonds is 15. The first-order valence-electron chi connectivity index (χ1n) is 19.3. The largest absolute Gasteiger partial charge is 0.494 e. The lowest BCUT2D eigenvalue weighted by atomic mass is 10.0. The van der Waals surface area contributed by atoms with Gasteiger partial charge in [0.1, 0.15) is 29.6 Å². The number of anilines is 2. The van der Waals surface area contributed by atoms with E-state index >= 15 is 0 Å². The summed E-state index contributed by atoms with van der Waals surface area (Å²) in [7, 11) is 0. The minimum atomic E-state index is -0.965. The van der Waals surface area contributed by atoms with Gasteiger partial charge in [-0.15, -0.1) is 0 Å². The van der Waals surface area contributed by atoms with E-state index in [1.54, 1.807) is 102 Å². The van der Waals surface area contributed by atoms with E-state index in [1.807, 2.05) is 30.3 Å². The number of imide groups is 1. The van der Waals surface area contributed by atoms with Crippen LogP contribution >= 0.6 is 0 Å². The predicted molar refractivity (Wildman–Crippen MR) is 225 cm³/mol. The number of hydrogen-bond acceptors (Lipinski definition) is 12. The van der Waals surface area contributed by atoms with Gasteiger partial charge in [0.2, 0.25) is 5.91 Å². The van der Waals surface area contributed by atoms with Crippen LogP contribution in [-0.4, -0.2) is 51.8 Å². The molecule has 1 unspecified atom stereocenters. The minimum absolute atomic E-state index is 0.00605. The Hall–Kier alpha value is -7.03. The van der Waals surface area contributed by atoms with E-state index in [4.69, 9.17) is 18.9 Å². The van der Waals surface area contributed by atoms with Gasteiger partial charge in [-0.3, -0.25) is 19.7 Å². The molecule has 0 aliphatic carbocycles. The molecular weight excluding hydrogens is 771 g/mol. The summed E-state index contributed by atoms with van der Waals surface area (Å²) < 4.78 is 22.3. The molecule has 0 spiro atoms. The fraction of sp³-hybridized carbons (Fsp3) is 0.311. The van der Waals surface area contributed by atoms with Crippen LogP contribution in [0.4, 0.5) is 26.8 Å². The molecule has 0 fully saturated rings. The number of nitro groups is 1. The molecule has 314 valence electrons. The van der Waals surface area contributed by atoms with Crippen LogP contribution in [0.3, 0.4) is 0 Å². The fourth-order valence-corrected chi connectivity index (χ4v) is 5.80. The van der Waals surface area contributed by atoms with Gasteiger partial charge < -0.3 is 29.6 Å². The SMILES string of the molecule is CC(C)(C)OC(=O)N(C(=O)OC(C)(C)C)c1nccc2cc(NC(C(=O)NCc3cccc([N+](=O)[O-])c3)c3ccc(OCCCC(=O)OCc4ccccc4)cc3)ccc12. The second-order valence-corrected chi connectivity index (χ2v) is 15.8. The Morgan fingerprint density at radius 1 is 0.800 bits per heavy atom. The first-order valence-corrected chi connectivity index (χ1v) is 19.3. The third-order valence-corrected chi connectivity index (χ3v) is 8.52. The molecule has 1 heterocycles. The van der Waals surface area contributed by atoms with Crippen LogP contribution < -0.4 is 20.3 Å². The van der Waals surface area contributed by atoms with Crippen molar-refractivity contribution in [1.82, 2.24) is 10.3 Å². The molecule has 0 saturated carbocycles. The zero-order valence-corrected chi connectivity index (χ0v) is 34.4. The number of ether oxygens (including phenoxy) is 4. The van der Waals surface area contributed by atoms with Crippen molar-refractivity contribution in [2.24, 2.45) is 0 Å². The van der Waals surface area contributed by atoms with Crippen molar-refractivity contribution in [3.63, 3.8) is 0 Å². The van der Waals surface area contributed by atoms with Gasteiger partial charge in [-0.05, 0) is 106 Å². The van der Waals surface area contributed by atoms with Crippen LogP contribution in [0.25, 0.3) is 10.8 Å². The van der Waals surface area contributed by atoms with E-state index in [0.717, 1.165) is 10.5 Å². The Labute approximate surface area is 348 Å². The van der Waals surface area contributed by atoms with Crippen molar-refractivity contribution >= 4 is 52.0 Å². The number of nitro benzene ring substituents is 1. The highest BCUT2D eigenvalue weighted by Gasteiger charge is 2.34. The Morgan fingerprint density at radius 2 is 1.47 bits per heavy atom. The maximum absolute atomic E-state index is 13.9. The maximum Gasteiger partial charge on any atom is 0.425 e. The number of carbonyl (C=O) groups excluding carboxylic acids is 4. The van der Waals surface area contributed by atoms with E-state index in [0.29, 0.717) is 39.8 Å². The van der Waals surface area contributed by atoms with E-state index in [-0.39, 0.29) is 43.7 Å². The Morgan fingerprint density at radius 3 is 2.12 bits per heavy atom. The van der Waals surface area contributed by atoms with Gasteiger partial charge >= 0.3 is 18.2 Å². The molecule has 1 atom stereocenters. The highest BCUT2D eigenvalue weighted by atomic mass is 16.6. The molecule has 1 aromatic heterocycles. The number of pyridine rings is 1. The summed E-state index contributed by atoms with van der Waals surface area (Å²) in [6, 6.07) is 28.1. The summed E-state index contributed by atoms with van der Waals surface area (Å²) in [5.74, 6) is -0.237. The third kappa shape index (κ3) is 13.0. The van der Waals surface area contributed by atoms with Crippen molar-refractivity contribution < 1.29 is 43.0 Å². The van der Waals surface area contributed by atoms with Crippen molar-refractivity contribution in [3.8, 4) is 5.75 Å². The molecule has 5 rings (SSSR count). The number of amides is 3. The van der Waals surface area contributed by atoms with Crippen LogP contribution in [-0.2, 0) is 37.0 Å². The van der Waals surface area contributed by atoms with Crippen molar-refractivity contribution in [3.05, 3.63) is 136 Å².